The number of ether oxygens (including phenoxy) is 8. The van der Waals surface area contributed by atoms with Gasteiger partial charge in [0, 0.05) is 19.4 Å². The van der Waals surface area contributed by atoms with Crippen molar-refractivity contribution in [2.24, 2.45) is 0 Å². The van der Waals surface area contributed by atoms with Crippen molar-refractivity contribution < 1.29 is 57.4 Å². The molecule has 1 unspecified atom stereocenters. The van der Waals surface area contributed by atoms with Crippen LogP contribution in [0.15, 0.2) is 12.2 Å². The molecule has 0 aliphatic carbocycles. The van der Waals surface area contributed by atoms with E-state index in [1.807, 2.05) is 0 Å². The maximum atomic E-state index is 12.2. The molecule has 0 aromatic heterocycles. The van der Waals surface area contributed by atoms with E-state index >= 15 is 0 Å². The molecule has 1 amide bonds. The molecule has 61 heavy (non-hydrogen) atoms. The first kappa shape index (κ1) is 59.0. The Morgan fingerprint density at radius 2 is 0.754 bits per heavy atom. The predicted molar refractivity (Wildman–Crippen MR) is 241 cm³/mol. The van der Waals surface area contributed by atoms with Crippen LogP contribution in [0.2, 0.25) is 0 Å². The van der Waals surface area contributed by atoms with E-state index in [4.69, 9.17) is 37.9 Å². The third-order valence-corrected chi connectivity index (χ3v) is 9.90. The normalized spacial score (nSPS) is 11.9. The van der Waals surface area contributed by atoms with E-state index in [1.165, 1.54) is 108 Å². The topological polar surface area (TPSA) is 169 Å². The smallest absolute Gasteiger partial charge is 0.320 e. The Kier molecular flexibility index (Phi) is 47.4. The van der Waals surface area contributed by atoms with E-state index in [2.05, 4.69) is 24.1 Å². The molecule has 0 rings (SSSR count). The molecule has 360 valence electrons. The summed E-state index contributed by atoms with van der Waals surface area (Å²) in [5, 5.41) is 15.5. The van der Waals surface area contributed by atoms with Crippen molar-refractivity contribution in [1.29, 1.82) is 0 Å². The number of carboxylic acid groups (broad SMARTS) is 1. The molecule has 0 saturated carbocycles. The Labute approximate surface area is 370 Å². The maximum Gasteiger partial charge on any atom is 0.320 e. The molecule has 14 heteroatoms. The highest BCUT2D eigenvalue weighted by molar-refractivity contribution is 5.78. The van der Waals surface area contributed by atoms with Crippen LogP contribution < -0.4 is 10.6 Å². The number of hydrogen-bond acceptors (Lipinski definition) is 12. The van der Waals surface area contributed by atoms with Crippen LogP contribution in [0.5, 0.6) is 0 Å². The lowest BCUT2D eigenvalue weighted by molar-refractivity contribution is -0.139. The Bertz CT molecular complexity index is 989. The van der Waals surface area contributed by atoms with Gasteiger partial charge in [-0.05, 0) is 46.1 Å². The summed E-state index contributed by atoms with van der Waals surface area (Å²) in [6.45, 7) is 15.9. The van der Waals surface area contributed by atoms with Gasteiger partial charge in [-0.2, -0.15) is 0 Å². The Morgan fingerprint density at radius 1 is 0.426 bits per heavy atom. The van der Waals surface area contributed by atoms with Crippen molar-refractivity contribution in [2.75, 3.05) is 119 Å². The fourth-order valence-corrected chi connectivity index (χ4v) is 6.28. The number of allylic oxidation sites excluding steroid dienone is 1. The number of Topliss-reactive ketones (excluding diaryl/α,β-unsaturated/α-hetero) is 1. The molecule has 0 aliphatic rings. The second-order valence-corrected chi connectivity index (χ2v) is 15.8. The van der Waals surface area contributed by atoms with Gasteiger partial charge in [-0.25, -0.2) is 0 Å². The Hall–Kier alpha value is -2.01. The van der Waals surface area contributed by atoms with Crippen molar-refractivity contribution in [3.8, 4) is 0 Å². The van der Waals surface area contributed by atoms with Gasteiger partial charge in [0.05, 0.1) is 106 Å². The molecule has 14 nitrogen and oxygen atoms in total. The minimum Gasteiger partial charge on any atom is -0.480 e. The van der Waals surface area contributed by atoms with Crippen molar-refractivity contribution in [3.05, 3.63) is 12.2 Å². The van der Waals surface area contributed by atoms with Gasteiger partial charge in [-0.1, -0.05) is 102 Å². The standard InChI is InChI=1S/C47H90N2O12/c1-43(2)21-19-17-15-13-11-9-7-5-4-6-8-10-12-14-16-18-20-25-48-45(47(52)53)22-23-46(51)49-26-28-55-30-32-57-34-36-59-38-40-61-42-41-60-39-37-58-35-33-56-31-29-54-27-24-44(3)50/h45,48H,1,4-42H2,2-3H3,(H,49,51)(H,52,53). The van der Waals surface area contributed by atoms with Gasteiger partial charge in [0.15, 0.2) is 0 Å². The summed E-state index contributed by atoms with van der Waals surface area (Å²) >= 11 is 0. The van der Waals surface area contributed by atoms with E-state index in [1.54, 1.807) is 6.92 Å². The van der Waals surface area contributed by atoms with Crippen LogP contribution >= 0.6 is 0 Å². The molecule has 0 saturated heterocycles. The quantitative estimate of drug-likeness (QED) is 0.0403. The summed E-state index contributed by atoms with van der Waals surface area (Å²) in [7, 11) is 0. The van der Waals surface area contributed by atoms with E-state index < -0.39 is 12.0 Å². The molecule has 1 atom stereocenters. The average molecular weight is 875 g/mol. The number of ketones is 1. The lowest BCUT2D eigenvalue weighted by Crippen LogP contribution is -2.38. The third kappa shape index (κ3) is 50.5. The van der Waals surface area contributed by atoms with Crippen LogP contribution in [-0.4, -0.2) is 148 Å². The third-order valence-electron chi connectivity index (χ3n) is 9.90. The van der Waals surface area contributed by atoms with Gasteiger partial charge in [0.1, 0.15) is 11.8 Å². The van der Waals surface area contributed by atoms with E-state index in [0.29, 0.717) is 125 Å². The molecular formula is C47H90N2O12. The number of carbonyl (C=O) groups is 3. The molecule has 0 radical (unpaired) electrons. The van der Waals surface area contributed by atoms with E-state index in [9.17, 15) is 19.5 Å². The van der Waals surface area contributed by atoms with Gasteiger partial charge in [-0.15, -0.1) is 6.58 Å². The fraction of sp³-hybridized carbons (Fsp3) is 0.894. The summed E-state index contributed by atoms with van der Waals surface area (Å²) in [6, 6.07) is -0.717. The Morgan fingerprint density at radius 3 is 1.10 bits per heavy atom. The lowest BCUT2D eigenvalue weighted by Gasteiger charge is -2.14. The number of carbonyl (C=O) groups excluding carboxylic acids is 2. The zero-order chi connectivity index (χ0) is 44.5. The van der Waals surface area contributed by atoms with Gasteiger partial charge < -0.3 is 53.6 Å². The highest BCUT2D eigenvalue weighted by Crippen LogP contribution is 2.15. The molecule has 0 aromatic rings. The largest absolute Gasteiger partial charge is 0.480 e. The molecule has 0 aromatic carbocycles. The average Bonchev–Trinajstić information content (AvgIpc) is 3.23. The van der Waals surface area contributed by atoms with Crippen molar-refractivity contribution in [1.82, 2.24) is 10.6 Å². The molecule has 0 heterocycles. The monoisotopic (exact) mass is 875 g/mol. The number of aliphatic carboxylic acids is 1. The highest BCUT2D eigenvalue weighted by Gasteiger charge is 2.17. The number of nitrogens with one attached hydrogen (secondary N) is 2. The number of hydrogen-bond donors (Lipinski definition) is 3. The summed E-state index contributed by atoms with van der Waals surface area (Å²) in [5.41, 5.74) is 1.31. The fourth-order valence-electron chi connectivity index (χ4n) is 6.28. The molecule has 0 bridgehead atoms. The number of unbranched alkanes of at least 4 members (excludes halogenated alkanes) is 16. The first-order chi connectivity index (χ1) is 29.8. The summed E-state index contributed by atoms with van der Waals surface area (Å²) in [4.78, 5) is 34.7. The van der Waals surface area contributed by atoms with Gasteiger partial charge >= 0.3 is 5.97 Å². The lowest BCUT2D eigenvalue weighted by atomic mass is 10.0. The predicted octanol–water partition coefficient (Wildman–Crippen LogP) is 7.64. The minimum atomic E-state index is -0.916. The molecule has 3 N–H and O–H groups in total. The van der Waals surface area contributed by atoms with Gasteiger partial charge in [0.2, 0.25) is 5.91 Å². The summed E-state index contributed by atoms with van der Waals surface area (Å²) in [5.74, 6) is -0.975. The zero-order valence-electron chi connectivity index (χ0n) is 38.8. The molecule has 0 fully saturated rings. The van der Waals surface area contributed by atoms with Crippen LogP contribution in [0.25, 0.3) is 0 Å². The number of rotatable bonds is 52. The van der Waals surface area contributed by atoms with Crippen LogP contribution in [-0.2, 0) is 52.3 Å². The van der Waals surface area contributed by atoms with Crippen LogP contribution in [0, 0.1) is 0 Å². The second-order valence-electron chi connectivity index (χ2n) is 15.8. The van der Waals surface area contributed by atoms with Crippen molar-refractivity contribution >= 4 is 17.7 Å². The molecule has 0 spiro atoms. The highest BCUT2D eigenvalue weighted by atomic mass is 16.6. The van der Waals surface area contributed by atoms with Crippen molar-refractivity contribution in [3.63, 3.8) is 0 Å². The van der Waals surface area contributed by atoms with Gasteiger partial charge in [-0.3, -0.25) is 14.4 Å². The first-order valence-electron chi connectivity index (χ1n) is 23.8. The summed E-state index contributed by atoms with van der Waals surface area (Å²) in [6.07, 6.45) is 24.2. The van der Waals surface area contributed by atoms with Crippen LogP contribution in [0.4, 0.5) is 0 Å². The van der Waals surface area contributed by atoms with Gasteiger partial charge in [0.25, 0.3) is 0 Å². The van der Waals surface area contributed by atoms with Crippen LogP contribution in [0.3, 0.4) is 0 Å². The first-order valence-corrected chi connectivity index (χ1v) is 23.8. The zero-order valence-corrected chi connectivity index (χ0v) is 38.8. The Balaban J connectivity index is 3.39. The van der Waals surface area contributed by atoms with E-state index in [-0.39, 0.29) is 24.5 Å². The summed E-state index contributed by atoms with van der Waals surface area (Å²) < 4.78 is 43.5. The van der Waals surface area contributed by atoms with Crippen molar-refractivity contribution in [2.45, 2.75) is 155 Å². The molecule has 0 aliphatic heterocycles. The maximum absolute atomic E-state index is 12.2. The number of amides is 1. The van der Waals surface area contributed by atoms with E-state index in [0.717, 1.165) is 12.8 Å². The second kappa shape index (κ2) is 49.0. The minimum absolute atomic E-state index is 0.119. The molecular weight excluding hydrogens is 785 g/mol. The number of carboxylic acids is 1. The van der Waals surface area contributed by atoms with Crippen LogP contribution in [0.1, 0.15) is 149 Å². The SMILES string of the molecule is C=C(C)CCCCCCCCCCCCCCCCCCCNC(CCC(=O)NCCOCCOCCOCCOCCOCCOCCOCCOCCC(C)=O)C(=O)O.